The molecule has 0 saturated carbocycles. The molecule has 0 aromatic heterocycles. The van der Waals surface area contributed by atoms with E-state index in [9.17, 15) is 4.79 Å². The molecular formula is C23H33IN4O2. The van der Waals surface area contributed by atoms with Gasteiger partial charge in [0, 0.05) is 24.7 Å². The van der Waals surface area contributed by atoms with Gasteiger partial charge in [-0.15, -0.1) is 24.0 Å². The summed E-state index contributed by atoms with van der Waals surface area (Å²) in [6.45, 7) is 7.94. The Morgan fingerprint density at radius 3 is 2.43 bits per heavy atom. The van der Waals surface area contributed by atoms with Crippen LogP contribution in [0.25, 0.3) is 0 Å². The van der Waals surface area contributed by atoms with Gasteiger partial charge in [-0.05, 0) is 48.7 Å². The van der Waals surface area contributed by atoms with E-state index in [2.05, 4.69) is 20.9 Å². The number of amides is 1. The fourth-order valence-corrected chi connectivity index (χ4v) is 2.64. The van der Waals surface area contributed by atoms with E-state index in [1.165, 1.54) is 0 Å². The molecule has 0 aliphatic carbocycles. The molecule has 0 spiro atoms. The number of hydrogen-bond acceptors (Lipinski definition) is 3. The summed E-state index contributed by atoms with van der Waals surface area (Å²) in [5.41, 5.74) is 2.99. The molecule has 1 unspecified atom stereocenters. The van der Waals surface area contributed by atoms with Crippen LogP contribution in [-0.2, 0) is 17.9 Å². The Balaban J connectivity index is 0.00000450. The van der Waals surface area contributed by atoms with Gasteiger partial charge in [0.1, 0.15) is 5.75 Å². The molecule has 2 aromatic rings. The van der Waals surface area contributed by atoms with Crippen LogP contribution in [0.3, 0.4) is 0 Å². The molecular weight excluding hydrogens is 491 g/mol. The highest BCUT2D eigenvalue weighted by molar-refractivity contribution is 14.0. The van der Waals surface area contributed by atoms with Crippen LogP contribution in [0.1, 0.15) is 38.3 Å². The number of methoxy groups -OCH3 is 1. The Kier molecular flexibility index (Phi) is 11.9. The molecule has 30 heavy (non-hydrogen) atoms. The van der Waals surface area contributed by atoms with Gasteiger partial charge in [-0.3, -0.25) is 4.79 Å². The van der Waals surface area contributed by atoms with E-state index < -0.39 is 0 Å². The van der Waals surface area contributed by atoms with Crippen molar-refractivity contribution >= 4 is 41.5 Å². The van der Waals surface area contributed by atoms with Crippen LogP contribution < -0.4 is 20.7 Å². The number of aliphatic imine (C=N–C) groups is 1. The minimum Gasteiger partial charge on any atom is -0.497 e. The van der Waals surface area contributed by atoms with E-state index >= 15 is 0 Å². The number of benzene rings is 2. The summed E-state index contributed by atoms with van der Waals surface area (Å²) in [5, 5.41) is 9.57. The lowest BCUT2D eigenvalue weighted by Crippen LogP contribution is -2.36. The first kappa shape index (κ1) is 25.7. The number of carbonyl (C=O) groups excluding carboxylic acids is 1. The minimum absolute atomic E-state index is 0. The lowest BCUT2D eigenvalue weighted by atomic mass is 10.1. The van der Waals surface area contributed by atoms with E-state index in [0.29, 0.717) is 13.1 Å². The van der Waals surface area contributed by atoms with Gasteiger partial charge in [0.25, 0.3) is 0 Å². The number of nitrogens with zero attached hydrogens (tertiary/aromatic N) is 1. The number of carbonyl (C=O) groups is 1. The third kappa shape index (κ3) is 8.61. The van der Waals surface area contributed by atoms with Crippen molar-refractivity contribution in [2.24, 2.45) is 10.9 Å². The fourth-order valence-electron chi connectivity index (χ4n) is 2.64. The van der Waals surface area contributed by atoms with Crippen LogP contribution in [0, 0.1) is 5.92 Å². The molecule has 2 rings (SSSR count). The monoisotopic (exact) mass is 524 g/mol. The van der Waals surface area contributed by atoms with E-state index in [0.717, 1.165) is 41.5 Å². The van der Waals surface area contributed by atoms with Crippen LogP contribution >= 0.6 is 24.0 Å². The number of guanidine groups is 1. The van der Waals surface area contributed by atoms with E-state index in [1.54, 1.807) is 7.11 Å². The van der Waals surface area contributed by atoms with Gasteiger partial charge >= 0.3 is 0 Å². The first-order valence-corrected chi connectivity index (χ1v) is 10.1. The normalized spacial score (nSPS) is 11.8. The third-order valence-corrected chi connectivity index (χ3v) is 4.64. The summed E-state index contributed by atoms with van der Waals surface area (Å²) in [4.78, 5) is 16.8. The van der Waals surface area contributed by atoms with Crippen molar-refractivity contribution in [3.05, 3.63) is 59.7 Å². The molecule has 0 aliphatic heterocycles. The van der Waals surface area contributed by atoms with Crippen LogP contribution in [-0.4, -0.2) is 25.5 Å². The Labute approximate surface area is 196 Å². The molecule has 1 atom stereocenters. The largest absolute Gasteiger partial charge is 0.497 e. The van der Waals surface area contributed by atoms with Crippen LogP contribution in [0.2, 0.25) is 0 Å². The van der Waals surface area contributed by atoms with Crippen molar-refractivity contribution in [3.63, 3.8) is 0 Å². The second-order valence-corrected chi connectivity index (χ2v) is 6.90. The maximum absolute atomic E-state index is 12.1. The Morgan fingerprint density at radius 1 is 1.07 bits per heavy atom. The Morgan fingerprint density at radius 2 is 1.80 bits per heavy atom. The van der Waals surface area contributed by atoms with Crippen molar-refractivity contribution in [3.8, 4) is 5.75 Å². The highest BCUT2D eigenvalue weighted by Crippen LogP contribution is 2.14. The van der Waals surface area contributed by atoms with Crippen LogP contribution in [0.5, 0.6) is 5.75 Å². The molecule has 0 fully saturated rings. The quantitative estimate of drug-likeness (QED) is 0.256. The minimum atomic E-state index is -0.000752. The number of nitrogens with one attached hydrogen (secondary N) is 3. The SMILES string of the molecule is CCNC(=NCc1cccc(NC(=O)C(C)CC)c1)NCc1ccc(OC)cc1.I. The summed E-state index contributed by atoms with van der Waals surface area (Å²) in [7, 11) is 1.66. The molecule has 0 radical (unpaired) electrons. The molecule has 0 aliphatic rings. The molecule has 1 amide bonds. The predicted molar refractivity (Wildman–Crippen MR) is 135 cm³/mol. The van der Waals surface area contributed by atoms with Crippen molar-refractivity contribution in [1.29, 1.82) is 0 Å². The molecule has 2 aromatic carbocycles. The van der Waals surface area contributed by atoms with Gasteiger partial charge in [-0.1, -0.05) is 38.1 Å². The molecule has 7 heteroatoms. The first-order chi connectivity index (χ1) is 14.0. The number of ether oxygens (including phenoxy) is 1. The number of halogens is 1. The van der Waals surface area contributed by atoms with Gasteiger partial charge in [0.15, 0.2) is 5.96 Å². The zero-order valence-corrected chi connectivity index (χ0v) is 20.5. The van der Waals surface area contributed by atoms with Gasteiger partial charge in [0.05, 0.1) is 13.7 Å². The third-order valence-electron chi connectivity index (χ3n) is 4.64. The number of rotatable bonds is 9. The standard InChI is InChI=1S/C23H32N4O2.HI/c1-5-17(3)22(28)27-20-9-7-8-19(14-20)16-26-23(24-6-2)25-15-18-10-12-21(29-4)13-11-18;/h7-14,17H,5-6,15-16H2,1-4H3,(H,27,28)(H2,24,25,26);1H. The highest BCUT2D eigenvalue weighted by atomic mass is 127. The average Bonchev–Trinajstić information content (AvgIpc) is 2.75. The summed E-state index contributed by atoms with van der Waals surface area (Å²) in [6.07, 6.45) is 0.821. The maximum atomic E-state index is 12.1. The molecule has 0 heterocycles. The zero-order valence-electron chi connectivity index (χ0n) is 18.2. The summed E-state index contributed by atoms with van der Waals surface area (Å²) >= 11 is 0. The van der Waals surface area contributed by atoms with Gasteiger partial charge in [-0.25, -0.2) is 4.99 Å². The van der Waals surface area contributed by atoms with E-state index in [1.807, 2.05) is 69.3 Å². The second-order valence-electron chi connectivity index (χ2n) is 6.90. The van der Waals surface area contributed by atoms with Crippen LogP contribution in [0.15, 0.2) is 53.5 Å². The summed E-state index contributed by atoms with van der Waals surface area (Å²) in [6, 6.07) is 15.8. The molecule has 0 bridgehead atoms. The number of hydrogen-bond donors (Lipinski definition) is 3. The average molecular weight is 524 g/mol. The van der Waals surface area contributed by atoms with Crippen molar-refractivity contribution in [2.45, 2.75) is 40.3 Å². The highest BCUT2D eigenvalue weighted by Gasteiger charge is 2.10. The van der Waals surface area contributed by atoms with E-state index in [4.69, 9.17) is 4.74 Å². The molecule has 6 nitrogen and oxygen atoms in total. The smallest absolute Gasteiger partial charge is 0.227 e. The summed E-state index contributed by atoms with van der Waals surface area (Å²) < 4.78 is 5.19. The summed E-state index contributed by atoms with van der Waals surface area (Å²) in [5.74, 6) is 1.63. The van der Waals surface area contributed by atoms with E-state index in [-0.39, 0.29) is 35.8 Å². The molecule has 164 valence electrons. The predicted octanol–water partition coefficient (Wildman–Crippen LogP) is 4.55. The maximum Gasteiger partial charge on any atom is 0.227 e. The second kappa shape index (κ2) is 13.8. The van der Waals surface area contributed by atoms with Gasteiger partial charge in [-0.2, -0.15) is 0 Å². The van der Waals surface area contributed by atoms with Crippen molar-refractivity contribution < 1.29 is 9.53 Å². The zero-order chi connectivity index (χ0) is 21.1. The lowest BCUT2D eigenvalue weighted by molar-refractivity contribution is -0.119. The topological polar surface area (TPSA) is 74.8 Å². The molecule has 3 N–H and O–H groups in total. The lowest BCUT2D eigenvalue weighted by Gasteiger charge is -2.13. The van der Waals surface area contributed by atoms with Crippen molar-refractivity contribution in [1.82, 2.24) is 10.6 Å². The van der Waals surface area contributed by atoms with Gasteiger partial charge < -0.3 is 20.7 Å². The fraction of sp³-hybridized carbons (Fsp3) is 0.391. The van der Waals surface area contributed by atoms with Gasteiger partial charge in [0.2, 0.25) is 5.91 Å². The number of anilines is 1. The molecule has 0 saturated heterocycles. The Hall–Kier alpha value is -2.29. The van der Waals surface area contributed by atoms with Crippen LogP contribution in [0.4, 0.5) is 5.69 Å². The van der Waals surface area contributed by atoms with Crippen molar-refractivity contribution in [2.75, 3.05) is 19.0 Å². The Bertz CT molecular complexity index is 809. The first-order valence-electron chi connectivity index (χ1n) is 10.1.